The highest BCUT2D eigenvalue weighted by Gasteiger charge is 2.42. The van der Waals surface area contributed by atoms with Gasteiger partial charge < -0.3 is 28.2 Å². The van der Waals surface area contributed by atoms with Crippen molar-refractivity contribution in [3.8, 4) is 0 Å². The van der Waals surface area contributed by atoms with Crippen LogP contribution in [0.1, 0.15) is 38.0 Å². The molecule has 0 bridgehead atoms. The van der Waals surface area contributed by atoms with E-state index in [0.29, 0.717) is 6.61 Å². The summed E-state index contributed by atoms with van der Waals surface area (Å²) in [6.07, 6.45) is 0.170. The van der Waals surface area contributed by atoms with E-state index in [1.54, 1.807) is 6.92 Å². The van der Waals surface area contributed by atoms with Crippen LogP contribution in [0.5, 0.6) is 0 Å². The van der Waals surface area contributed by atoms with E-state index in [2.05, 4.69) is 5.16 Å². The molecule has 3 unspecified atom stereocenters. The molecule has 0 N–H and O–H groups in total. The van der Waals surface area contributed by atoms with Crippen molar-refractivity contribution in [3.63, 3.8) is 0 Å². The Kier molecular flexibility index (Phi) is 5.51. The van der Waals surface area contributed by atoms with Gasteiger partial charge in [-0.25, -0.2) is 14.1 Å². The molecule has 1 aromatic heterocycles. The van der Waals surface area contributed by atoms with E-state index >= 15 is 0 Å². The fraction of sp³-hybridized carbons (Fsp3) is 0.600. The molecule has 1 aromatic carbocycles. The van der Waals surface area contributed by atoms with E-state index in [9.17, 15) is 13.6 Å². The number of ether oxygens (including phenoxy) is 5. The first-order valence-corrected chi connectivity index (χ1v) is 10.3. The molecular weight excluding hydrogens is 418 g/mol. The number of hydrogen-bond acceptors (Lipinski definition) is 8. The van der Waals surface area contributed by atoms with Gasteiger partial charge in [0.15, 0.2) is 24.2 Å². The molecular formula is C20H22F2N2O7. The van der Waals surface area contributed by atoms with Gasteiger partial charge >= 0.3 is 6.09 Å². The van der Waals surface area contributed by atoms with Crippen molar-refractivity contribution >= 4 is 22.9 Å². The summed E-state index contributed by atoms with van der Waals surface area (Å²) in [5.74, 6) is -2.36. The van der Waals surface area contributed by atoms with Gasteiger partial charge in [-0.2, -0.15) is 4.39 Å². The second-order valence-electron chi connectivity index (χ2n) is 7.70. The molecule has 4 heterocycles. The monoisotopic (exact) mass is 440 g/mol. The molecule has 0 radical (unpaired) electrons. The number of amides is 1. The topological polar surface area (TPSA) is 92.5 Å². The van der Waals surface area contributed by atoms with Gasteiger partial charge in [0.1, 0.15) is 12.6 Å². The zero-order valence-corrected chi connectivity index (χ0v) is 16.8. The van der Waals surface area contributed by atoms with Crippen molar-refractivity contribution in [2.24, 2.45) is 0 Å². The number of anilines is 1. The summed E-state index contributed by atoms with van der Waals surface area (Å²) in [4.78, 5) is 13.8. The van der Waals surface area contributed by atoms with Gasteiger partial charge in [-0.1, -0.05) is 5.16 Å². The van der Waals surface area contributed by atoms with Crippen molar-refractivity contribution in [1.29, 1.82) is 0 Å². The van der Waals surface area contributed by atoms with Gasteiger partial charge in [0.05, 0.1) is 24.7 Å². The van der Waals surface area contributed by atoms with Crippen LogP contribution in [-0.4, -0.2) is 56.1 Å². The number of benzene rings is 1. The number of aromatic nitrogens is 1. The van der Waals surface area contributed by atoms with E-state index in [1.165, 1.54) is 11.0 Å². The zero-order valence-electron chi connectivity index (χ0n) is 16.8. The molecule has 0 spiro atoms. The average Bonchev–Trinajstić information content (AvgIpc) is 3.51. The SMILES string of the molecule is CC(OC1CCCCO1)C1COC(=O)N1c1noc2c(F)c(F)c(C3OCCO3)cc12. The molecule has 0 saturated carbocycles. The molecule has 3 aliphatic heterocycles. The normalized spacial score (nSPS) is 26.0. The van der Waals surface area contributed by atoms with E-state index in [0.717, 1.165) is 19.3 Å². The Hall–Kier alpha value is -2.34. The molecule has 31 heavy (non-hydrogen) atoms. The second kappa shape index (κ2) is 8.30. The molecule has 9 nitrogen and oxygen atoms in total. The molecule has 3 saturated heterocycles. The van der Waals surface area contributed by atoms with Crippen LogP contribution >= 0.6 is 0 Å². The third kappa shape index (κ3) is 3.65. The largest absolute Gasteiger partial charge is 0.447 e. The number of fused-ring (bicyclic) bond motifs is 1. The van der Waals surface area contributed by atoms with Crippen molar-refractivity contribution < 1.29 is 41.8 Å². The summed E-state index contributed by atoms with van der Waals surface area (Å²) in [5.41, 5.74) is -0.534. The van der Waals surface area contributed by atoms with Crippen LogP contribution in [-0.2, 0) is 23.7 Å². The van der Waals surface area contributed by atoms with Crippen LogP contribution in [0.4, 0.5) is 19.4 Å². The Morgan fingerprint density at radius 1 is 1.16 bits per heavy atom. The van der Waals surface area contributed by atoms with Crippen LogP contribution in [0.3, 0.4) is 0 Å². The maximum atomic E-state index is 14.7. The molecule has 168 valence electrons. The molecule has 0 aliphatic carbocycles. The highest BCUT2D eigenvalue weighted by molar-refractivity contribution is 5.99. The van der Waals surface area contributed by atoms with Crippen LogP contribution in [0.2, 0.25) is 0 Å². The highest BCUT2D eigenvalue weighted by atomic mass is 19.2. The lowest BCUT2D eigenvalue weighted by molar-refractivity contribution is -0.187. The van der Waals surface area contributed by atoms with Crippen molar-refractivity contribution in [2.45, 2.75) is 50.9 Å². The number of carbonyl (C=O) groups is 1. The predicted octanol–water partition coefficient (Wildman–Crippen LogP) is 3.41. The minimum Gasteiger partial charge on any atom is -0.447 e. The van der Waals surface area contributed by atoms with Gasteiger partial charge in [-0.3, -0.25) is 0 Å². The Balaban J connectivity index is 1.48. The van der Waals surface area contributed by atoms with E-state index < -0.39 is 41.7 Å². The van der Waals surface area contributed by atoms with Crippen molar-refractivity contribution in [3.05, 3.63) is 23.3 Å². The van der Waals surface area contributed by atoms with Gasteiger partial charge in [0, 0.05) is 12.2 Å². The number of hydrogen-bond donors (Lipinski definition) is 0. The molecule has 3 atom stereocenters. The fourth-order valence-corrected chi connectivity index (χ4v) is 4.08. The Labute approximate surface area is 176 Å². The maximum Gasteiger partial charge on any atom is 0.416 e. The van der Waals surface area contributed by atoms with Crippen LogP contribution < -0.4 is 4.90 Å². The third-order valence-electron chi connectivity index (χ3n) is 5.71. The van der Waals surface area contributed by atoms with Crippen LogP contribution in [0.15, 0.2) is 10.6 Å². The van der Waals surface area contributed by atoms with Gasteiger partial charge in [-0.15, -0.1) is 0 Å². The molecule has 11 heteroatoms. The lowest BCUT2D eigenvalue weighted by atomic mass is 10.1. The van der Waals surface area contributed by atoms with Crippen molar-refractivity contribution in [1.82, 2.24) is 5.16 Å². The average molecular weight is 440 g/mol. The highest BCUT2D eigenvalue weighted by Crippen LogP contribution is 2.38. The number of nitrogens with zero attached hydrogens (tertiary/aromatic N) is 2. The minimum absolute atomic E-state index is 0.0145. The van der Waals surface area contributed by atoms with E-state index in [1.807, 2.05) is 0 Å². The molecule has 3 fully saturated rings. The standard InChI is InChI=1S/C20H22F2N2O7/c1-10(30-14-4-2-3-5-26-14)13-9-29-20(25)24(13)18-12-8-11(19-27-6-7-28-19)15(21)16(22)17(12)31-23-18/h8,10,13-14,19H,2-7,9H2,1H3. The van der Waals surface area contributed by atoms with Crippen LogP contribution in [0.25, 0.3) is 11.0 Å². The van der Waals surface area contributed by atoms with Gasteiger partial charge in [0.2, 0.25) is 11.4 Å². The zero-order chi connectivity index (χ0) is 21.5. The summed E-state index contributed by atoms with van der Waals surface area (Å²) in [7, 11) is 0. The molecule has 1 amide bonds. The van der Waals surface area contributed by atoms with Crippen molar-refractivity contribution in [2.75, 3.05) is 31.3 Å². The maximum absolute atomic E-state index is 14.7. The quantitative estimate of drug-likeness (QED) is 0.699. The number of rotatable bonds is 5. The predicted molar refractivity (Wildman–Crippen MR) is 100 cm³/mol. The Bertz CT molecular complexity index is 972. The summed E-state index contributed by atoms with van der Waals surface area (Å²) < 4.78 is 61.7. The number of cyclic esters (lactones) is 1. The van der Waals surface area contributed by atoms with Gasteiger partial charge in [-0.05, 0) is 32.3 Å². The minimum atomic E-state index is -1.23. The molecule has 2 aromatic rings. The number of halogens is 2. The summed E-state index contributed by atoms with van der Waals surface area (Å²) in [6, 6.07) is 0.774. The Morgan fingerprint density at radius 2 is 1.97 bits per heavy atom. The summed E-state index contributed by atoms with van der Waals surface area (Å²) >= 11 is 0. The Morgan fingerprint density at radius 3 is 2.71 bits per heavy atom. The first-order chi connectivity index (χ1) is 15.0. The van der Waals surface area contributed by atoms with Crippen LogP contribution in [0, 0.1) is 11.6 Å². The fourth-order valence-electron chi connectivity index (χ4n) is 4.08. The third-order valence-corrected chi connectivity index (χ3v) is 5.71. The van der Waals surface area contributed by atoms with Gasteiger partial charge in [0.25, 0.3) is 0 Å². The first-order valence-electron chi connectivity index (χ1n) is 10.3. The molecule has 3 aliphatic rings. The van der Waals surface area contributed by atoms with E-state index in [4.69, 9.17) is 28.2 Å². The summed E-state index contributed by atoms with van der Waals surface area (Å²) in [6.45, 7) is 2.99. The van der Waals surface area contributed by atoms with E-state index in [-0.39, 0.29) is 42.9 Å². The molecule has 5 rings (SSSR count). The lowest BCUT2D eigenvalue weighted by Crippen LogP contribution is -2.44. The number of carbonyl (C=O) groups excluding carboxylic acids is 1. The second-order valence-corrected chi connectivity index (χ2v) is 7.70. The lowest BCUT2D eigenvalue weighted by Gasteiger charge is -2.30. The summed E-state index contributed by atoms with van der Waals surface area (Å²) in [5, 5.41) is 3.96. The first kappa shape index (κ1) is 20.6. The smallest absolute Gasteiger partial charge is 0.416 e.